The number of carbonyl (C=O) groups is 1. The summed E-state index contributed by atoms with van der Waals surface area (Å²) in [6.07, 6.45) is 7.81. The van der Waals surface area contributed by atoms with Crippen molar-refractivity contribution in [2.45, 2.75) is 49.5 Å². The van der Waals surface area contributed by atoms with E-state index < -0.39 is 0 Å². The van der Waals surface area contributed by atoms with Gasteiger partial charge in [0.05, 0.1) is 12.9 Å². The Morgan fingerprint density at radius 1 is 1.33 bits per heavy atom. The average Bonchev–Trinajstić information content (AvgIpc) is 2.64. The van der Waals surface area contributed by atoms with Crippen LogP contribution in [0.5, 0.6) is 5.75 Å². The summed E-state index contributed by atoms with van der Waals surface area (Å²) in [7, 11) is 3.87. The first kappa shape index (κ1) is 19.1. The van der Waals surface area contributed by atoms with Crippen molar-refractivity contribution in [1.82, 2.24) is 10.2 Å². The molecule has 1 aromatic rings. The molecule has 2 rings (SSSR count). The summed E-state index contributed by atoms with van der Waals surface area (Å²) in [5, 5.41) is 3.02. The summed E-state index contributed by atoms with van der Waals surface area (Å²) in [6, 6.07) is 8.56. The largest absolute Gasteiger partial charge is 0.497 e. The van der Waals surface area contributed by atoms with Gasteiger partial charge in [-0.15, -0.1) is 11.8 Å². The standard InChI is InChI=1S/C19H30N2O2S/c1-21(16-8-4-3-5-9-16)13-7-12-20-19(22)15-24-18-11-6-10-17(14-18)23-2/h6,10-11,14,16H,3-5,7-9,12-13,15H2,1-2H3,(H,20,22). The van der Waals surface area contributed by atoms with Crippen molar-refractivity contribution in [3.05, 3.63) is 24.3 Å². The van der Waals surface area contributed by atoms with Crippen LogP contribution in [0.2, 0.25) is 0 Å². The van der Waals surface area contributed by atoms with E-state index in [1.54, 1.807) is 18.9 Å². The highest BCUT2D eigenvalue weighted by atomic mass is 32.2. The number of thioether (sulfide) groups is 1. The molecule has 1 aliphatic carbocycles. The molecule has 0 spiro atoms. The number of carbonyl (C=O) groups excluding carboxylic acids is 1. The summed E-state index contributed by atoms with van der Waals surface area (Å²) in [5.41, 5.74) is 0. The molecule has 1 aliphatic rings. The molecule has 134 valence electrons. The molecule has 0 heterocycles. The van der Waals surface area contributed by atoms with E-state index in [-0.39, 0.29) is 5.91 Å². The zero-order chi connectivity index (χ0) is 17.2. The third-order valence-corrected chi connectivity index (χ3v) is 5.61. The smallest absolute Gasteiger partial charge is 0.230 e. The lowest BCUT2D eigenvalue weighted by Crippen LogP contribution is -2.36. The molecule has 0 saturated heterocycles. The number of nitrogens with zero attached hydrogens (tertiary/aromatic N) is 1. The Labute approximate surface area is 150 Å². The van der Waals surface area contributed by atoms with Crippen LogP contribution in [0.4, 0.5) is 0 Å². The van der Waals surface area contributed by atoms with Crippen molar-refractivity contribution in [1.29, 1.82) is 0 Å². The number of hydrogen-bond donors (Lipinski definition) is 1. The van der Waals surface area contributed by atoms with Crippen molar-refractivity contribution < 1.29 is 9.53 Å². The molecule has 1 amide bonds. The van der Waals surface area contributed by atoms with Crippen molar-refractivity contribution >= 4 is 17.7 Å². The molecule has 0 bridgehead atoms. The molecular weight excluding hydrogens is 320 g/mol. The number of methoxy groups -OCH3 is 1. The SMILES string of the molecule is COc1cccc(SCC(=O)NCCCN(C)C2CCCCC2)c1. The van der Waals surface area contributed by atoms with Crippen LogP contribution in [-0.4, -0.2) is 49.8 Å². The molecule has 1 N–H and O–H groups in total. The van der Waals surface area contributed by atoms with Crippen LogP contribution >= 0.6 is 11.8 Å². The minimum absolute atomic E-state index is 0.100. The number of amides is 1. The Hall–Kier alpha value is -1.20. The van der Waals surface area contributed by atoms with Crippen LogP contribution < -0.4 is 10.1 Å². The van der Waals surface area contributed by atoms with Gasteiger partial charge in [-0.25, -0.2) is 0 Å². The van der Waals surface area contributed by atoms with E-state index in [0.29, 0.717) is 5.75 Å². The molecule has 1 fully saturated rings. The third kappa shape index (κ3) is 6.73. The molecule has 1 aromatic carbocycles. The first-order valence-electron chi connectivity index (χ1n) is 8.93. The lowest BCUT2D eigenvalue weighted by atomic mass is 9.94. The number of rotatable bonds is 9. The summed E-state index contributed by atoms with van der Waals surface area (Å²) in [5.74, 6) is 1.38. The molecule has 1 saturated carbocycles. The predicted molar refractivity (Wildman–Crippen MR) is 101 cm³/mol. The normalized spacial score (nSPS) is 15.5. The van der Waals surface area contributed by atoms with E-state index in [2.05, 4.69) is 17.3 Å². The van der Waals surface area contributed by atoms with Gasteiger partial charge in [0.25, 0.3) is 0 Å². The van der Waals surface area contributed by atoms with Crippen LogP contribution in [0.25, 0.3) is 0 Å². The monoisotopic (exact) mass is 350 g/mol. The van der Waals surface area contributed by atoms with Crippen LogP contribution in [0.15, 0.2) is 29.2 Å². The van der Waals surface area contributed by atoms with Gasteiger partial charge in [0, 0.05) is 17.5 Å². The number of benzene rings is 1. The Balaban J connectivity index is 1.57. The second kappa shape index (κ2) is 10.6. The Morgan fingerprint density at radius 2 is 2.12 bits per heavy atom. The maximum atomic E-state index is 11.9. The number of ether oxygens (including phenoxy) is 1. The van der Waals surface area contributed by atoms with Crippen molar-refractivity contribution in [2.75, 3.05) is 33.0 Å². The zero-order valence-electron chi connectivity index (χ0n) is 14.9. The second-order valence-electron chi connectivity index (χ2n) is 6.44. The first-order chi connectivity index (χ1) is 11.7. The van der Waals surface area contributed by atoms with Gasteiger partial charge >= 0.3 is 0 Å². The van der Waals surface area contributed by atoms with Crippen LogP contribution in [0.1, 0.15) is 38.5 Å². The topological polar surface area (TPSA) is 41.6 Å². The highest BCUT2D eigenvalue weighted by Gasteiger charge is 2.17. The van der Waals surface area contributed by atoms with Gasteiger partial charge < -0.3 is 15.0 Å². The van der Waals surface area contributed by atoms with E-state index in [4.69, 9.17) is 4.74 Å². The second-order valence-corrected chi connectivity index (χ2v) is 7.49. The minimum atomic E-state index is 0.100. The molecule has 24 heavy (non-hydrogen) atoms. The Kier molecular flexibility index (Phi) is 8.47. The average molecular weight is 351 g/mol. The fourth-order valence-corrected chi connectivity index (χ4v) is 3.93. The van der Waals surface area contributed by atoms with Gasteiger partial charge in [-0.05, 0) is 51.1 Å². The summed E-state index contributed by atoms with van der Waals surface area (Å²) in [4.78, 5) is 15.5. The van der Waals surface area contributed by atoms with Gasteiger partial charge in [-0.1, -0.05) is 25.3 Å². The third-order valence-electron chi connectivity index (χ3n) is 4.62. The van der Waals surface area contributed by atoms with Crippen LogP contribution in [0.3, 0.4) is 0 Å². The van der Waals surface area contributed by atoms with E-state index in [1.807, 2.05) is 24.3 Å². The lowest BCUT2D eigenvalue weighted by Gasteiger charge is -2.31. The van der Waals surface area contributed by atoms with E-state index in [0.717, 1.165) is 36.2 Å². The summed E-state index contributed by atoms with van der Waals surface area (Å²) in [6.45, 7) is 1.82. The van der Waals surface area contributed by atoms with Gasteiger partial charge in [0.2, 0.25) is 5.91 Å². The van der Waals surface area contributed by atoms with Gasteiger partial charge in [-0.2, -0.15) is 0 Å². The first-order valence-corrected chi connectivity index (χ1v) is 9.91. The Morgan fingerprint density at radius 3 is 2.88 bits per heavy atom. The van der Waals surface area contributed by atoms with Crippen molar-refractivity contribution in [3.8, 4) is 5.75 Å². The van der Waals surface area contributed by atoms with Gasteiger partial charge in [0.1, 0.15) is 5.75 Å². The molecule has 0 radical (unpaired) electrons. The summed E-state index contributed by atoms with van der Waals surface area (Å²) >= 11 is 1.54. The quantitative estimate of drug-likeness (QED) is 0.546. The van der Waals surface area contributed by atoms with Gasteiger partial charge in [-0.3, -0.25) is 4.79 Å². The van der Waals surface area contributed by atoms with Crippen molar-refractivity contribution in [2.24, 2.45) is 0 Å². The van der Waals surface area contributed by atoms with E-state index in [1.165, 1.54) is 32.1 Å². The maximum Gasteiger partial charge on any atom is 0.230 e. The fraction of sp³-hybridized carbons (Fsp3) is 0.632. The van der Waals surface area contributed by atoms with E-state index in [9.17, 15) is 4.79 Å². The highest BCUT2D eigenvalue weighted by molar-refractivity contribution is 8.00. The van der Waals surface area contributed by atoms with Crippen LogP contribution in [-0.2, 0) is 4.79 Å². The highest BCUT2D eigenvalue weighted by Crippen LogP contribution is 2.23. The molecule has 0 aromatic heterocycles. The van der Waals surface area contributed by atoms with Crippen LogP contribution in [0, 0.1) is 0 Å². The molecular formula is C19H30N2O2S. The lowest BCUT2D eigenvalue weighted by molar-refractivity contribution is -0.118. The zero-order valence-corrected chi connectivity index (χ0v) is 15.7. The molecule has 0 unspecified atom stereocenters. The molecule has 0 aliphatic heterocycles. The number of hydrogen-bond acceptors (Lipinski definition) is 4. The maximum absolute atomic E-state index is 11.9. The minimum Gasteiger partial charge on any atom is -0.497 e. The Bertz CT molecular complexity index is 504. The molecule has 0 atom stereocenters. The molecule has 5 heteroatoms. The van der Waals surface area contributed by atoms with E-state index >= 15 is 0 Å². The fourth-order valence-electron chi connectivity index (χ4n) is 3.15. The number of nitrogens with one attached hydrogen (secondary N) is 1. The predicted octanol–water partition coefficient (Wildman–Crippen LogP) is 3.56. The summed E-state index contributed by atoms with van der Waals surface area (Å²) < 4.78 is 5.19. The molecule has 4 nitrogen and oxygen atoms in total. The van der Waals surface area contributed by atoms with Gasteiger partial charge in [0.15, 0.2) is 0 Å². The van der Waals surface area contributed by atoms with Crippen molar-refractivity contribution in [3.63, 3.8) is 0 Å².